The second-order valence-electron chi connectivity index (χ2n) is 7.42. The topological polar surface area (TPSA) is 117 Å². The van der Waals surface area contributed by atoms with Crippen LogP contribution in [0.4, 0.5) is 15.8 Å². The number of nitro benzene ring substituents is 1. The Morgan fingerprint density at radius 3 is 2.44 bits per heavy atom. The van der Waals surface area contributed by atoms with E-state index in [1.807, 2.05) is 12.1 Å². The van der Waals surface area contributed by atoms with Gasteiger partial charge in [0.15, 0.2) is 0 Å². The molecule has 1 amide bonds. The first-order valence-electron chi connectivity index (χ1n) is 10.4. The monoisotopic (exact) mass is 464 g/mol. The first-order valence-corrected chi connectivity index (χ1v) is 10.4. The molecule has 0 aliphatic carbocycles. The Bertz CT molecular complexity index is 1200. The van der Waals surface area contributed by atoms with Crippen molar-refractivity contribution in [2.24, 2.45) is 0 Å². The van der Waals surface area contributed by atoms with Crippen molar-refractivity contribution in [2.45, 2.75) is 12.8 Å². The number of halogens is 1. The number of piperazine rings is 1. The minimum absolute atomic E-state index is 0.101. The van der Waals surface area contributed by atoms with E-state index in [0.29, 0.717) is 37.8 Å². The molecule has 3 rings (SSSR count). The van der Waals surface area contributed by atoms with Gasteiger partial charge in [0.05, 0.1) is 35.3 Å². The van der Waals surface area contributed by atoms with Gasteiger partial charge in [-0.25, -0.2) is 9.18 Å². The van der Waals surface area contributed by atoms with Crippen LogP contribution in [0.5, 0.6) is 0 Å². The molecule has 0 N–H and O–H groups in total. The molecule has 0 atom stereocenters. The molecule has 0 aromatic heterocycles. The number of hydrogen-bond acceptors (Lipinski definition) is 7. The minimum Gasteiger partial charge on any atom is -0.465 e. The van der Waals surface area contributed by atoms with Crippen molar-refractivity contribution in [3.63, 3.8) is 0 Å². The van der Waals surface area contributed by atoms with E-state index in [4.69, 9.17) is 5.26 Å². The minimum atomic E-state index is -0.951. The molecule has 1 aliphatic heterocycles. The maximum absolute atomic E-state index is 13.7. The molecule has 0 unspecified atom stereocenters. The van der Waals surface area contributed by atoms with Crippen LogP contribution in [-0.2, 0) is 9.53 Å². The number of nitriles is 1. The molecule has 2 aromatic carbocycles. The third-order valence-corrected chi connectivity index (χ3v) is 5.36. The van der Waals surface area contributed by atoms with Crippen molar-refractivity contribution < 1.29 is 23.6 Å². The van der Waals surface area contributed by atoms with Crippen LogP contribution in [-0.4, -0.2) is 55.0 Å². The van der Waals surface area contributed by atoms with E-state index in [9.17, 15) is 24.1 Å². The van der Waals surface area contributed by atoms with Gasteiger partial charge in [-0.2, -0.15) is 5.26 Å². The highest BCUT2D eigenvalue weighted by molar-refractivity contribution is 5.94. The number of rotatable bonds is 5. The summed E-state index contributed by atoms with van der Waals surface area (Å²) in [5.74, 6) is 3.23. The molecule has 9 nitrogen and oxygen atoms in total. The first-order chi connectivity index (χ1) is 16.3. The molecule has 0 radical (unpaired) electrons. The van der Waals surface area contributed by atoms with Gasteiger partial charge < -0.3 is 14.5 Å². The molecule has 34 heavy (non-hydrogen) atoms. The van der Waals surface area contributed by atoms with Gasteiger partial charge in [-0.05, 0) is 30.3 Å². The number of ether oxygens (including phenoxy) is 1. The van der Waals surface area contributed by atoms with Crippen molar-refractivity contribution in [2.75, 3.05) is 38.2 Å². The molecule has 1 fully saturated rings. The molecule has 0 saturated carbocycles. The summed E-state index contributed by atoms with van der Waals surface area (Å²) < 4.78 is 18.3. The lowest BCUT2D eigenvalue weighted by Gasteiger charge is -2.36. The van der Waals surface area contributed by atoms with Gasteiger partial charge in [-0.15, -0.1) is 0 Å². The summed E-state index contributed by atoms with van der Waals surface area (Å²) in [5, 5.41) is 20.2. The number of nitrogens with zero attached hydrogens (tertiary/aromatic N) is 4. The SMILES string of the molecule is COC(=O)c1cc(F)cc([N+](=O)[O-])c1C#CCCC(=O)N1CCN(c2ccc(C#N)cc2)CC1. The lowest BCUT2D eigenvalue weighted by atomic mass is 10.0. The number of carbonyl (C=O) groups excluding carboxylic acids is 2. The van der Waals surface area contributed by atoms with Crippen LogP contribution in [0.15, 0.2) is 36.4 Å². The lowest BCUT2D eigenvalue weighted by Crippen LogP contribution is -2.48. The van der Waals surface area contributed by atoms with E-state index < -0.39 is 22.4 Å². The fourth-order valence-electron chi connectivity index (χ4n) is 3.58. The van der Waals surface area contributed by atoms with Crippen molar-refractivity contribution in [1.82, 2.24) is 4.90 Å². The van der Waals surface area contributed by atoms with Crippen molar-refractivity contribution in [1.29, 1.82) is 5.26 Å². The third kappa shape index (κ3) is 5.67. The zero-order valence-corrected chi connectivity index (χ0v) is 18.4. The second-order valence-corrected chi connectivity index (χ2v) is 7.42. The maximum Gasteiger partial charge on any atom is 0.339 e. The van der Waals surface area contributed by atoms with Crippen LogP contribution in [0.2, 0.25) is 0 Å². The lowest BCUT2D eigenvalue weighted by molar-refractivity contribution is -0.385. The Hall–Kier alpha value is -4.44. The Morgan fingerprint density at radius 1 is 1.18 bits per heavy atom. The summed E-state index contributed by atoms with van der Waals surface area (Å²) in [7, 11) is 1.08. The summed E-state index contributed by atoms with van der Waals surface area (Å²) in [6.45, 7) is 2.35. The van der Waals surface area contributed by atoms with Crippen molar-refractivity contribution >= 4 is 23.3 Å². The smallest absolute Gasteiger partial charge is 0.339 e. The van der Waals surface area contributed by atoms with Gasteiger partial charge >= 0.3 is 5.97 Å². The standard InChI is InChI=1S/C24H21FN4O5/c1-34-24(31)21-14-18(25)15-22(29(32)33)20(21)4-2-3-5-23(30)28-12-10-27(11-13-28)19-8-6-17(16-26)7-9-19/h6-9,14-15H,3,5,10-13H2,1H3. The van der Waals surface area contributed by atoms with E-state index in [1.165, 1.54) is 0 Å². The number of esters is 1. The van der Waals surface area contributed by atoms with Crippen LogP contribution in [0.1, 0.15) is 34.3 Å². The quantitative estimate of drug-likeness (QED) is 0.289. The summed E-state index contributed by atoms with van der Waals surface area (Å²) in [5.41, 5.74) is 0.342. The summed E-state index contributed by atoms with van der Waals surface area (Å²) in [6.07, 6.45) is 0.218. The third-order valence-electron chi connectivity index (χ3n) is 5.36. The van der Waals surface area contributed by atoms with Gasteiger partial charge in [0.1, 0.15) is 11.4 Å². The molecule has 1 saturated heterocycles. The highest BCUT2D eigenvalue weighted by Gasteiger charge is 2.24. The summed E-state index contributed by atoms with van der Waals surface area (Å²) >= 11 is 0. The van der Waals surface area contributed by atoms with Gasteiger partial charge in [0, 0.05) is 44.7 Å². The zero-order chi connectivity index (χ0) is 24.7. The average molecular weight is 464 g/mol. The summed E-state index contributed by atoms with van der Waals surface area (Å²) in [6, 6.07) is 10.9. The first kappa shape index (κ1) is 24.2. The summed E-state index contributed by atoms with van der Waals surface area (Å²) in [4.78, 5) is 38.8. The van der Waals surface area contributed by atoms with Crippen LogP contribution in [0.25, 0.3) is 0 Å². The van der Waals surface area contributed by atoms with Crippen molar-refractivity contribution in [3.8, 4) is 17.9 Å². The molecule has 2 aromatic rings. The van der Waals surface area contributed by atoms with E-state index in [0.717, 1.165) is 18.9 Å². The number of carbonyl (C=O) groups is 2. The Kier molecular flexibility index (Phi) is 7.78. The Labute approximate surface area is 195 Å². The fraction of sp³-hybridized carbons (Fsp3) is 0.292. The zero-order valence-electron chi connectivity index (χ0n) is 18.4. The van der Waals surface area contributed by atoms with Gasteiger partial charge in [0.25, 0.3) is 5.69 Å². The van der Waals surface area contributed by atoms with Crippen LogP contribution >= 0.6 is 0 Å². The highest BCUT2D eigenvalue weighted by Crippen LogP contribution is 2.24. The molecule has 174 valence electrons. The van der Waals surface area contributed by atoms with E-state index in [2.05, 4.69) is 27.5 Å². The van der Waals surface area contributed by atoms with E-state index in [-0.39, 0.29) is 29.9 Å². The number of nitro groups is 1. The van der Waals surface area contributed by atoms with E-state index >= 15 is 0 Å². The molecule has 0 bridgehead atoms. The molecule has 0 spiro atoms. The average Bonchev–Trinajstić information content (AvgIpc) is 2.86. The predicted molar refractivity (Wildman–Crippen MR) is 120 cm³/mol. The van der Waals surface area contributed by atoms with Crippen molar-refractivity contribution in [3.05, 3.63) is 69.0 Å². The fourth-order valence-corrected chi connectivity index (χ4v) is 3.58. The second kappa shape index (κ2) is 10.9. The van der Waals surface area contributed by atoms with E-state index in [1.54, 1.807) is 17.0 Å². The van der Waals surface area contributed by atoms with Crippen LogP contribution in [0.3, 0.4) is 0 Å². The van der Waals surface area contributed by atoms with Crippen LogP contribution in [0, 0.1) is 39.1 Å². The predicted octanol–water partition coefficient (Wildman–Crippen LogP) is 2.87. The largest absolute Gasteiger partial charge is 0.465 e. The van der Waals surface area contributed by atoms with Gasteiger partial charge in [-0.3, -0.25) is 14.9 Å². The van der Waals surface area contributed by atoms with Gasteiger partial charge in [0.2, 0.25) is 5.91 Å². The number of amides is 1. The molecular weight excluding hydrogens is 443 g/mol. The number of benzene rings is 2. The Balaban J connectivity index is 1.60. The number of anilines is 1. The maximum atomic E-state index is 13.7. The van der Waals surface area contributed by atoms with Gasteiger partial charge in [-0.1, -0.05) is 11.8 Å². The molecule has 1 aliphatic rings. The molecule has 10 heteroatoms. The number of hydrogen-bond donors (Lipinski definition) is 0. The normalized spacial score (nSPS) is 12.9. The van der Waals surface area contributed by atoms with Crippen LogP contribution < -0.4 is 4.90 Å². The Morgan fingerprint density at radius 2 is 1.85 bits per heavy atom. The number of methoxy groups -OCH3 is 1. The molecular formula is C24H21FN4O5. The highest BCUT2D eigenvalue weighted by atomic mass is 19.1. The molecule has 1 heterocycles.